The number of carbonyl (C=O) groups is 1. The van der Waals surface area contributed by atoms with E-state index in [4.69, 9.17) is 5.73 Å². The summed E-state index contributed by atoms with van der Waals surface area (Å²) in [4.78, 5) is 12.8. The molecule has 1 amide bonds. The maximum absolute atomic E-state index is 13.2. The zero-order valence-electron chi connectivity index (χ0n) is 19.2. The molecule has 0 unspecified atom stereocenters. The summed E-state index contributed by atoms with van der Waals surface area (Å²) >= 11 is 0. The number of carbonyl (C=O) groups excluding carboxylic acids is 1. The molecule has 1 aromatic heterocycles. The van der Waals surface area contributed by atoms with Gasteiger partial charge >= 0.3 is 0 Å². The van der Waals surface area contributed by atoms with Crippen LogP contribution in [0.2, 0.25) is 0 Å². The Morgan fingerprint density at radius 2 is 1.60 bits per heavy atom. The molecule has 4 aromatic rings. The quantitative estimate of drug-likeness (QED) is 0.348. The van der Waals surface area contributed by atoms with Crippen molar-refractivity contribution in [3.05, 3.63) is 113 Å². The van der Waals surface area contributed by atoms with Crippen LogP contribution in [0.5, 0.6) is 0 Å². The molecule has 6 nitrogen and oxygen atoms in total. The summed E-state index contributed by atoms with van der Waals surface area (Å²) in [5.41, 5.74) is 9.73. The number of nitrogen functional groups attached to an aromatic ring is 1. The van der Waals surface area contributed by atoms with Crippen LogP contribution in [0.3, 0.4) is 0 Å². The Morgan fingerprint density at radius 1 is 1.00 bits per heavy atom. The Bertz CT molecular complexity index is 1270. The largest absolute Gasteiger partial charge is 0.382 e. The maximum atomic E-state index is 13.2. The maximum Gasteiger partial charge on any atom is 0.220 e. The van der Waals surface area contributed by atoms with Gasteiger partial charge in [0, 0.05) is 18.9 Å². The van der Waals surface area contributed by atoms with Crippen molar-refractivity contribution in [2.24, 2.45) is 0 Å². The predicted octanol–water partition coefficient (Wildman–Crippen LogP) is 4.74. The highest BCUT2D eigenvalue weighted by molar-refractivity contribution is 5.77. The van der Waals surface area contributed by atoms with Crippen molar-refractivity contribution in [3.63, 3.8) is 0 Å². The smallest absolute Gasteiger partial charge is 0.220 e. The zero-order chi connectivity index (χ0) is 24.6. The number of anilines is 1. The van der Waals surface area contributed by atoms with Crippen molar-refractivity contribution in [2.75, 3.05) is 12.3 Å². The van der Waals surface area contributed by atoms with Crippen LogP contribution in [0.1, 0.15) is 41.1 Å². The number of nitrogens with two attached hydrogens (primary N) is 1. The fraction of sp³-hybridized carbons (Fsp3) is 0.179. The summed E-state index contributed by atoms with van der Waals surface area (Å²) in [6.45, 7) is 0.448. The molecule has 0 aliphatic carbocycles. The number of halogens is 1. The first-order valence-corrected chi connectivity index (χ1v) is 11.5. The zero-order valence-corrected chi connectivity index (χ0v) is 19.2. The van der Waals surface area contributed by atoms with Gasteiger partial charge in [-0.15, -0.1) is 0 Å². The third-order valence-corrected chi connectivity index (χ3v) is 5.88. The fourth-order valence-corrected chi connectivity index (χ4v) is 4.09. The summed E-state index contributed by atoms with van der Waals surface area (Å²) < 4.78 is 14.7. The Kier molecular flexibility index (Phi) is 7.53. The van der Waals surface area contributed by atoms with Crippen LogP contribution in [0.25, 0.3) is 5.69 Å². The molecule has 7 heteroatoms. The van der Waals surface area contributed by atoms with Crippen LogP contribution in [-0.4, -0.2) is 22.2 Å². The molecular formula is C28H26FN5O. The topological polar surface area (TPSA) is 96.7 Å². The van der Waals surface area contributed by atoms with Gasteiger partial charge in [0.15, 0.2) is 0 Å². The second-order valence-electron chi connectivity index (χ2n) is 8.24. The van der Waals surface area contributed by atoms with Crippen LogP contribution >= 0.6 is 0 Å². The van der Waals surface area contributed by atoms with E-state index < -0.39 is 0 Å². The normalized spacial score (nSPS) is 10.8. The molecule has 0 saturated heterocycles. The van der Waals surface area contributed by atoms with E-state index in [2.05, 4.69) is 16.5 Å². The first-order chi connectivity index (χ1) is 17.1. The van der Waals surface area contributed by atoms with E-state index in [1.165, 1.54) is 16.8 Å². The number of nitrogens with one attached hydrogen (secondary N) is 1. The molecular weight excluding hydrogens is 441 g/mol. The lowest BCUT2D eigenvalue weighted by Crippen LogP contribution is -2.26. The third kappa shape index (κ3) is 5.74. The van der Waals surface area contributed by atoms with E-state index in [1.807, 2.05) is 60.7 Å². The summed E-state index contributed by atoms with van der Waals surface area (Å²) in [5, 5.41) is 17.0. The fourth-order valence-electron chi connectivity index (χ4n) is 4.09. The molecule has 4 rings (SSSR count). The summed E-state index contributed by atoms with van der Waals surface area (Å²) in [6, 6.07) is 27.8. The van der Waals surface area contributed by atoms with Gasteiger partial charge in [-0.1, -0.05) is 60.7 Å². The van der Waals surface area contributed by atoms with Crippen molar-refractivity contribution < 1.29 is 9.18 Å². The number of amides is 1. The number of hydrogen-bond acceptors (Lipinski definition) is 4. The number of aryl methyl sites for hydroxylation is 1. The molecule has 0 radical (unpaired) electrons. The Morgan fingerprint density at radius 3 is 2.17 bits per heavy atom. The predicted molar refractivity (Wildman–Crippen MR) is 133 cm³/mol. The van der Waals surface area contributed by atoms with E-state index in [9.17, 15) is 14.4 Å². The molecule has 0 aliphatic heterocycles. The van der Waals surface area contributed by atoms with Crippen LogP contribution < -0.4 is 11.1 Å². The molecule has 3 N–H and O–H groups in total. The molecule has 0 aliphatic rings. The standard InChI is InChI=1S/C28H26FN5O/c29-22-13-15-23(16-14-22)34-28(31)25(19-30)26(33-34)12-7-17-32-27(35)18-24(20-8-3-1-4-9-20)21-10-5-2-6-11-21/h1-6,8-11,13-16,24H,7,12,17-18,31H2,(H,32,35). The SMILES string of the molecule is N#Cc1c(CCCNC(=O)CC(c2ccccc2)c2ccccc2)nn(-c2ccc(F)cc2)c1N. The van der Waals surface area contributed by atoms with Gasteiger partial charge in [-0.3, -0.25) is 4.79 Å². The van der Waals surface area contributed by atoms with Crippen LogP contribution in [0, 0.1) is 17.1 Å². The van der Waals surface area contributed by atoms with Gasteiger partial charge in [0.05, 0.1) is 11.4 Å². The summed E-state index contributed by atoms with van der Waals surface area (Å²) in [6.07, 6.45) is 1.41. The van der Waals surface area contributed by atoms with Crippen molar-refractivity contribution in [1.82, 2.24) is 15.1 Å². The average molecular weight is 468 g/mol. The lowest BCUT2D eigenvalue weighted by Gasteiger charge is -2.18. The van der Waals surface area contributed by atoms with Gasteiger partial charge < -0.3 is 11.1 Å². The number of aromatic nitrogens is 2. The van der Waals surface area contributed by atoms with Crippen molar-refractivity contribution in [1.29, 1.82) is 5.26 Å². The first kappa shape index (κ1) is 23.7. The molecule has 0 spiro atoms. The number of rotatable bonds is 9. The van der Waals surface area contributed by atoms with Crippen molar-refractivity contribution in [2.45, 2.75) is 25.2 Å². The second kappa shape index (κ2) is 11.1. The highest BCUT2D eigenvalue weighted by Crippen LogP contribution is 2.28. The van der Waals surface area contributed by atoms with Crippen LogP contribution in [0.4, 0.5) is 10.2 Å². The van der Waals surface area contributed by atoms with Gasteiger partial charge in [-0.25, -0.2) is 9.07 Å². The van der Waals surface area contributed by atoms with Gasteiger partial charge in [0.25, 0.3) is 0 Å². The molecule has 0 bridgehead atoms. The van der Waals surface area contributed by atoms with E-state index >= 15 is 0 Å². The van der Waals surface area contributed by atoms with E-state index in [1.54, 1.807) is 12.1 Å². The number of hydrogen-bond donors (Lipinski definition) is 2. The molecule has 1 heterocycles. The molecule has 176 valence electrons. The Hall–Kier alpha value is -4.44. The molecule has 35 heavy (non-hydrogen) atoms. The molecule has 3 aromatic carbocycles. The van der Waals surface area contributed by atoms with Gasteiger partial charge in [-0.2, -0.15) is 10.4 Å². The minimum atomic E-state index is -0.363. The minimum absolute atomic E-state index is 0.0335. The van der Waals surface area contributed by atoms with Gasteiger partial charge in [0.1, 0.15) is 23.3 Å². The average Bonchev–Trinajstić information content (AvgIpc) is 3.21. The second-order valence-corrected chi connectivity index (χ2v) is 8.24. The Labute approximate surface area is 203 Å². The highest BCUT2D eigenvalue weighted by atomic mass is 19.1. The number of nitrogens with zero attached hydrogens (tertiary/aromatic N) is 3. The van der Waals surface area contributed by atoms with Crippen LogP contribution in [0.15, 0.2) is 84.9 Å². The highest BCUT2D eigenvalue weighted by Gasteiger charge is 2.19. The minimum Gasteiger partial charge on any atom is -0.382 e. The van der Waals surface area contributed by atoms with E-state index in [-0.39, 0.29) is 23.5 Å². The third-order valence-electron chi connectivity index (χ3n) is 5.88. The monoisotopic (exact) mass is 467 g/mol. The summed E-state index contributed by atoms with van der Waals surface area (Å²) in [7, 11) is 0. The van der Waals surface area contributed by atoms with Crippen molar-refractivity contribution in [3.8, 4) is 11.8 Å². The van der Waals surface area contributed by atoms with Gasteiger partial charge in [0.2, 0.25) is 5.91 Å². The lowest BCUT2D eigenvalue weighted by molar-refractivity contribution is -0.121. The number of nitriles is 1. The molecule has 0 atom stereocenters. The lowest BCUT2D eigenvalue weighted by atomic mass is 9.88. The van der Waals surface area contributed by atoms with Crippen molar-refractivity contribution >= 4 is 11.7 Å². The first-order valence-electron chi connectivity index (χ1n) is 11.5. The molecule has 0 fully saturated rings. The van der Waals surface area contributed by atoms with E-state index in [0.29, 0.717) is 42.8 Å². The Balaban J connectivity index is 1.37. The van der Waals surface area contributed by atoms with E-state index in [0.717, 1.165) is 11.1 Å². The van der Waals surface area contributed by atoms with Gasteiger partial charge in [-0.05, 0) is 48.2 Å². The number of benzene rings is 3. The van der Waals surface area contributed by atoms with Crippen LogP contribution in [-0.2, 0) is 11.2 Å². The molecule has 0 saturated carbocycles. The summed E-state index contributed by atoms with van der Waals surface area (Å²) in [5.74, 6) is -0.224.